The van der Waals surface area contributed by atoms with Gasteiger partial charge >= 0.3 is 12.0 Å². The Kier molecular flexibility index (Phi) is 4.09. The Morgan fingerprint density at radius 3 is 2.56 bits per heavy atom. The van der Waals surface area contributed by atoms with Crippen LogP contribution in [0.3, 0.4) is 0 Å². The Bertz CT molecular complexity index is 328. The first kappa shape index (κ1) is 13.2. The Hall–Kier alpha value is -1.26. The smallest absolute Gasteiger partial charge is 0.319 e. The molecule has 0 aromatic carbocycles. The van der Waals surface area contributed by atoms with E-state index in [1.807, 2.05) is 7.05 Å². The summed E-state index contributed by atoms with van der Waals surface area (Å²) in [5, 5.41) is 9.02. The Labute approximate surface area is 108 Å². The van der Waals surface area contributed by atoms with Gasteiger partial charge in [0.1, 0.15) is 0 Å². The van der Waals surface area contributed by atoms with Crippen LogP contribution >= 0.6 is 0 Å². The maximum atomic E-state index is 12.2. The number of hydrogen-bond acceptors (Lipinski definition) is 2. The van der Waals surface area contributed by atoms with E-state index in [-0.39, 0.29) is 11.9 Å². The zero-order valence-electron chi connectivity index (χ0n) is 11.0. The van der Waals surface area contributed by atoms with Crippen LogP contribution in [-0.4, -0.2) is 53.6 Å². The number of rotatable bonds is 3. The van der Waals surface area contributed by atoms with Gasteiger partial charge in [-0.1, -0.05) is 6.42 Å². The van der Waals surface area contributed by atoms with Crippen LogP contribution in [0, 0.1) is 11.8 Å². The molecule has 18 heavy (non-hydrogen) atoms. The molecular weight excluding hydrogens is 232 g/mol. The van der Waals surface area contributed by atoms with E-state index in [0.717, 1.165) is 13.0 Å². The van der Waals surface area contributed by atoms with Crippen molar-refractivity contribution in [2.45, 2.75) is 32.1 Å². The summed E-state index contributed by atoms with van der Waals surface area (Å²) in [4.78, 5) is 26.6. The number of aliphatic carboxylic acids is 1. The fourth-order valence-electron chi connectivity index (χ4n) is 2.73. The minimum atomic E-state index is -0.783. The second-order valence-electron chi connectivity index (χ2n) is 5.58. The van der Waals surface area contributed by atoms with E-state index in [4.69, 9.17) is 5.11 Å². The summed E-state index contributed by atoms with van der Waals surface area (Å²) in [5.74, 6) is -0.520. The van der Waals surface area contributed by atoms with E-state index < -0.39 is 5.97 Å². The maximum absolute atomic E-state index is 12.2. The van der Waals surface area contributed by atoms with Gasteiger partial charge in [-0.05, 0) is 31.6 Å². The molecule has 1 atom stereocenters. The topological polar surface area (TPSA) is 60.9 Å². The number of carboxylic acids is 1. The number of amides is 2. The van der Waals surface area contributed by atoms with Crippen LogP contribution in [0.4, 0.5) is 4.79 Å². The fraction of sp³-hybridized carbons (Fsp3) is 0.846. The molecule has 2 aliphatic rings. The van der Waals surface area contributed by atoms with Gasteiger partial charge in [-0.25, -0.2) is 4.79 Å². The van der Waals surface area contributed by atoms with E-state index in [1.165, 1.54) is 19.3 Å². The van der Waals surface area contributed by atoms with Gasteiger partial charge < -0.3 is 14.9 Å². The molecule has 5 nitrogen and oxygen atoms in total. The number of carboxylic acid groups (broad SMARTS) is 1. The lowest BCUT2D eigenvalue weighted by Crippen LogP contribution is -2.49. The van der Waals surface area contributed by atoms with E-state index in [2.05, 4.69) is 0 Å². The van der Waals surface area contributed by atoms with Crippen molar-refractivity contribution in [3.8, 4) is 0 Å². The number of likely N-dealkylation sites (tertiary alicyclic amines) is 1. The highest BCUT2D eigenvalue weighted by Gasteiger charge is 2.30. The second kappa shape index (κ2) is 5.59. The first-order valence-corrected chi connectivity index (χ1v) is 6.80. The summed E-state index contributed by atoms with van der Waals surface area (Å²) >= 11 is 0. The fourth-order valence-corrected chi connectivity index (χ4v) is 2.73. The SMILES string of the molecule is CN(CC1CCC1)C(=O)N1CCCC(C(=O)O)C1. The van der Waals surface area contributed by atoms with E-state index >= 15 is 0 Å². The van der Waals surface area contributed by atoms with Crippen LogP contribution < -0.4 is 0 Å². The van der Waals surface area contributed by atoms with Gasteiger partial charge in [0.05, 0.1) is 5.92 Å². The van der Waals surface area contributed by atoms with Gasteiger partial charge in [-0.15, -0.1) is 0 Å². The lowest BCUT2D eigenvalue weighted by atomic mass is 9.85. The van der Waals surface area contributed by atoms with Gasteiger partial charge in [0, 0.05) is 26.7 Å². The molecule has 1 aliphatic heterocycles. The highest BCUT2D eigenvalue weighted by molar-refractivity contribution is 5.76. The van der Waals surface area contributed by atoms with Gasteiger partial charge in [0.15, 0.2) is 0 Å². The molecule has 1 aliphatic carbocycles. The number of hydrogen-bond donors (Lipinski definition) is 1. The average Bonchev–Trinajstić information content (AvgIpc) is 2.32. The summed E-state index contributed by atoms with van der Waals surface area (Å²) in [6.45, 7) is 1.87. The predicted molar refractivity (Wildman–Crippen MR) is 67.3 cm³/mol. The molecule has 0 aromatic rings. The van der Waals surface area contributed by atoms with Crippen LogP contribution in [0.15, 0.2) is 0 Å². The molecule has 0 aromatic heterocycles. The largest absolute Gasteiger partial charge is 0.481 e. The molecule has 1 unspecified atom stereocenters. The van der Waals surface area contributed by atoms with E-state index in [0.29, 0.717) is 25.4 Å². The molecule has 102 valence electrons. The number of nitrogens with zero attached hydrogens (tertiary/aromatic N) is 2. The van der Waals surface area contributed by atoms with Crippen LogP contribution in [-0.2, 0) is 4.79 Å². The second-order valence-corrected chi connectivity index (χ2v) is 5.58. The van der Waals surface area contributed by atoms with Crippen LogP contribution in [0.25, 0.3) is 0 Å². The number of urea groups is 1. The van der Waals surface area contributed by atoms with Gasteiger partial charge in [0.2, 0.25) is 0 Å². The lowest BCUT2D eigenvalue weighted by Gasteiger charge is -2.36. The van der Waals surface area contributed by atoms with Crippen molar-refractivity contribution < 1.29 is 14.7 Å². The molecule has 2 fully saturated rings. The van der Waals surface area contributed by atoms with Crippen molar-refractivity contribution in [3.05, 3.63) is 0 Å². The third kappa shape index (κ3) is 2.94. The molecule has 1 heterocycles. The van der Waals surface area contributed by atoms with Crippen molar-refractivity contribution in [2.24, 2.45) is 11.8 Å². The molecule has 2 rings (SSSR count). The zero-order chi connectivity index (χ0) is 13.1. The third-order valence-electron chi connectivity index (χ3n) is 4.12. The zero-order valence-corrected chi connectivity index (χ0v) is 11.0. The molecular formula is C13H22N2O3. The molecule has 0 spiro atoms. The summed E-state index contributed by atoms with van der Waals surface area (Å²) in [6, 6.07) is -0.00662. The van der Waals surface area contributed by atoms with Crippen molar-refractivity contribution in [3.63, 3.8) is 0 Å². The molecule has 0 radical (unpaired) electrons. The molecule has 0 bridgehead atoms. The quantitative estimate of drug-likeness (QED) is 0.832. The monoisotopic (exact) mass is 254 g/mol. The predicted octanol–water partition coefficient (Wildman–Crippen LogP) is 1.63. The van der Waals surface area contributed by atoms with Crippen LogP contribution in [0.5, 0.6) is 0 Å². The standard InChI is InChI=1S/C13H22N2O3/c1-14(8-10-4-2-5-10)13(18)15-7-3-6-11(9-15)12(16)17/h10-11H,2-9H2,1H3,(H,16,17). The minimum absolute atomic E-state index is 0.00662. The van der Waals surface area contributed by atoms with Crippen molar-refractivity contribution in [2.75, 3.05) is 26.7 Å². The molecule has 1 saturated heterocycles. The molecule has 5 heteroatoms. The third-order valence-corrected chi connectivity index (χ3v) is 4.12. The normalized spacial score (nSPS) is 24.5. The van der Waals surface area contributed by atoms with Crippen molar-refractivity contribution >= 4 is 12.0 Å². The van der Waals surface area contributed by atoms with E-state index in [1.54, 1.807) is 9.80 Å². The summed E-state index contributed by atoms with van der Waals surface area (Å²) in [6.07, 6.45) is 5.19. The first-order chi connectivity index (χ1) is 8.58. The average molecular weight is 254 g/mol. The number of piperidine rings is 1. The Balaban J connectivity index is 1.84. The summed E-state index contributed by atoms with van der Waals surface area (Å²) in [7, 11) is 1.82. The molecule has 1 saturated carbocycles. The Morgan fingerprint density at radius 1 is 1.28 bits per heavy atom. The number of carbonyl (C=O) groups is 2. The Morgan fingerprint density at radius 2 is 2.00 bits per heavy atom. The minimum Gasteiger partial charge on any atom is -0.481 e. The lowest BCUT2D eigenvalue weighted by molar-refractivity contribution is -0.143. The van der Waals surface area contributed by atoms with Crippen LogP contribution in [0.1, 0.15) is 32.1 Å². The van der Waals surface area contributed by atoms with Gasteiger partial charge in [0.25, 0.3) is 0 Å². The number of carbonyl (C=O) groups excluding carboxylic acids is 1. The summed E-state index contributed by atoms with van der Waals surface area (Å²) < 4.78 is 0. The van der Waals surface area contributed by atoms with Crippen molar-refractivity contribution in [1.82, 2.24) is 9.80 Å². The highest BCUT2D eigenvalue weighted by Crippen LogP contribution is 2.27. The first-order valence-electron chi connectivity index (χ1n) is 6.80. The maximum Gasteiger partial charge on any atom is 0.319 e. The van der Waals surface area contributed by atoms with E-state index in [9.17, 15) is 9.59 Å². The summed E-state index contributed by atoms with van der Waals surface area (Å²) in [5.41, 5.74) is 0. The van der Waals surface area contributed by atoms with Gasteiger partial charge in [-0.2, -0.15) is 0 Å². The molecule has 2 amide bonds. The van der Waals surface area contributed by atoms with Gasteiger partial charge in [-0.3, -0.25) is 4.79 Å². The highest BCUT2D eigenvalue weighted by atomic mass is 16.4. The van der Waals surface area contributed by atoms with Crippen LogP contribution in [0.2, 0.25) is 0 Å². The van der Waals surface area contributed by atoms with Crippen molar-refractivity contribution in [1.29, 1.82) is 0 Å². The molecule has 1 N–H and O–H groups in total.